The van der Waals surface area contributed by atoms with Gasteiger partial charge in [0.2, 0.25) is 0 Å². The Balaban J connectivity index is 1.27. The highest BCUT2D eigenvalue weighted by Crippen LogP contribution is 2.31. The van der Waals surface area contributed by atoms with Gasteiger partial charge in [-0.1, -0.05) is 0 Å². The Morgan fingerprint density at radius 2 is 1.92 bits per heavy atom. The van der Waals surface area contributed by atoms with Crippen LogP contribution in [-0.2, 0) is 4.84 Å². The van der Waals surface area contributed by atoms with Gasteiger partial charge in [0.1, 0.15) is 41.6 Å². The number of carbonyl (C=O) groups excluding carboxylic acids is 1. The first kappa shape index (κ1) is 24.8. The number of ether oxygens (including phenoxy) is 2. The van der Waals surface area contributed by atoms with Gasteiger partial charge in [0.15, 0.2) is 0 Å². The predicted molar refractivity (Wildman–Crippen MR) is 143 cm³/mol. The lowest BCUT2D eigenvalue weighted by molar-refractivity contribution is -0.0648. The molecule has 0 bridgehead atoms. The van der Waals surface area contributed by atoms with Gasteiger partial charge in [-0.3, -0.25) is 4.84 Å². The van der Waals surface area contributed by atoms with Gasteiger partial charge in [-0.05, 0) is 55.0 Å². The molecule has 11 nitrogen and oxygen atoms in total. The SMILES string of the molecule is CON(C)C(=O)NCCOc1ccc2ncnc(Nc3ccc(Oc4ccn5ccnc5c4)c(C)c3)c2c1. The third-order valence-corrected chi connectivity index (χ3v) is 5.85. The van der Waals surface area contributed by atoms with E-state index in [0.29, 0.717) is 30.5 Å². The number of hydrogen-bond donors (Lipinski definition) is 2. The molecular formula is C27H27N7O4. The fourth-order valence-electron chi connectivity index (χ4n) is 3.81. The van der Waals surface area contributed by atoms with Crippen molar-refractivity contribution in [2.24, 2.45) is 0 Å². The Morgan fingerprint density at radius 1 is 1.03 bits per heavy atom. The smallest absolute Gasteiger partial charge is 0.341 e. The number of pyridine rings is 1. The van der Waals surface area contributed by atoms with Crippen molar-refractivity contribution >= 4 is 34.1 Å². The topological polar surface area (TPSA) is 115 Å². The molecule has 2 N–H and O–H groups in total. The normalized spacial score (nSPS) is 10.9. The number of hydroxylamine groups is 2. The molecule has 0 unspecified atom stereocenters. The molecule has 194 valence electrons. The maximum absolute atomic E-state index is 11.8. The van der Waals surface area contributed by atoms with Crippen LogP contribution in [0.4, 0.5) is 16.3 Å². The van der Waals surface area contributed by atoms with Gasteiger partial charge in [-0.2, -0.15) is 0 Å². The first-order chi connectivity index (χ1) is 18.5. The van der Waals surface area contributed by atoms with Gasteiger partial charge in [0.05, 0.1) is 19.2 Å². The third kappa shape index (κ3) is 5.57. The Labute approximate surface area is 219 Å². The van der Waals surface area contributed by atoms with Crippen LogP contribution in [-0.4, -0.2) is 57.8 Å². The molecule has 38 heavy (non-hydrogen) atoms. The van der Waals surface area contributed by atoms with E-state index in [2.05, 4.69) is 25.6 Å². The number of amides is 2. The minimum absolute atomic E-state index is 0.291. The van der Waals surface area contributed by atoms with Crippen molar-refractivity contribution in [3.8, 4) is 17.2 Å². The third-order valence-electron chi connectivity index (χ3n) is 5.85. The molecule has 3 aromatic heterocycles. The molecule has 5 aromatic rings. The van der Waals surface area contributed by atoms with Crippen molar-refractivity contribution in [3.63, 3.8) is 0 Å². The molecule has 0 aliphatic heterocycles. The van der Waals surface area contributed by atoms with E-state index in [4.69, 9.17) is 14.3 Å². The van der Waals surface area contributed by atoms with Crippen LogP contribution in [0.5, 0.6) is 17.2 Å². The second-order valence-electron chi connectivity index (χ2n) is 8.42. The zero-order valence-electron chi connectivity index (χ0n) is 21.2. The van der Waals surface area contributed by atoms with Crippen molar-refractivity contribution in [3.05, 3.63) is 79.0 Å². The fraction of sp³-hybridized carbons (Fsp3) is 0.185. The van der Waals surface area contributed by atoms with Crippen LogP contribution in [0.1, 0.15) is 5.56 Å². The molecule has 0 radical (unpaired) electrons. The summed E-state index contributed by atoms with van der Waals surface area (Å²) in [4.78, 5) is 29.7. The summed E-state index contributed by atoms with van der Waals surface area (Å²) in [6, 6.07) is 14.9. The fourth-order valence-corrected chi connectivity index (χ4v) is 3.81. The summed E-state index contributed by atoms with van der Waals surface area (Å²) in [5.74, 6) is 2.75. The zero-order chi connectivity index (χ0) is 26.5. The first-order valence-corrected chi connectivity index (χ1v) is 11.9. The van der Waals surface area contributed by atoms with E-state index < -0.39 is 0 Å². The lowest BCUT2D eigenvalue weighted by Crippen LogP contribution is -2.38. The Hall–Kier alpha value is -4.90. The minimum Gasteiger partial charge on any atom is -0.492 e. The first-order valence-electron chi connectivity index (χ1n) is 11.9. The Kier molecular flexibility index (Phi) is 7.18. The molecule has 2 aromatic carbocycles. The van der Waals surface area contributed by atoms with Crippen molar-refractivity contribution in [2.45, 2.75) is 6.92 Å². The summed E-state index contributed by atoms with van der Waals surface area (Å²) in [5, 5.41) is 7.99. The molecule has 0 spiro atoms. The largest absolute Gasteiger partial charge is 0.492 e. The predicted octanol–water partition coefficient (Wildman–Crippen LogP) is 4.70. The van der Waals surface area contributed by atoms with Crippen molar-refractivity contribution in [1.82, 2.24) is 29.7 Å². The molecule has 0 fully saturated rings. The quantitative estimate of drug-likeness (QED) is 0.215. The van der Waals surface area contributed by atoms with Gasteiger partial charge in [-0.15, -0.1) is 0 Å². The van der Waals surface area contributed by atoms with Crippen LogP contribution in [0.2, 0.25) is 0 Å². The average Bonchev–Trinajstić information content (AvgIpc) is 3.40. The number of hydrogen-bond acceptors (Lipinski definition) is 8. The van der Waals surface area contributed by atoms with Crippen LogP contribution in [0.3, 0.4) is 0 Å². The number of nitrogens with one attached hydrogen (secondary N) is 2. The van der Waals surface area contributed by atoms with Crippen molar-refractivity contribution in [1.29, 1.82) is 0 Å². The van der Waals surface area contributed by atoms with E-state index in [-0.39, 0.29) is 6.03 Å². The molecule has 2 amide bonds. The number of aryl methyl sites for hydroxylation is 1. The molecule has 0 saturated heterocycles. The van der Waals surface area contributed by atoms with Gasteiger partial charge in [0, 0.05) is 42.8 Å². The van der Waals surface area contributed by atoms with Gasteiger partial charge < -0.3 is 24.5 Å². The van der Waals surface area contributed by atoms with E-state index in [1.54, 1.807) is 6.20 Å². The summed E-state index contributed by atoms with van der Waals surface area (Å²) in [6.07, 6.45) is 7.07. The second-order valence-corrected chi connectivity index (χ2v) is 8.42. The molecule has 0 atom stereocenters. The van der Waals surface area contributed by atoms with E-state index >= 15 is 0 Å². The van der Waals surface area contributed by atoms with E-state index in [1.165, 1.54) is 20.5 Å². The molecular weight excluding hydrogens is 486 g/mol. The van der Waals surface area contributed by atoms with Gasteiger partial charge >= 0.3 is 6.03 Å². The van der Waals surface area contributed by atoms with E-state index in [9.17, 15) is 4.79 Å². The molecule has 0 saturated carbocycles. The monoisotopic (exact) mass is 513 g/mol. The van der Waals surface area contributed by atoms with Crippen LogP contribution < -0.4 is 20.1 Å². The molecule has 11 heteroatoms. The number of anilines is 2. The number of urea groups is 1. The number of fused-ring (bicyclic) bond motifs is 2. The van der Waals surface area contributed by atoms with Crippen LogP contribution in [0, 0.1) is 6.92 Å². The summed E-state index contributed by atoms with van der Waals surface area (Å²) < 4.78 is 13.8. The van der Waals surface area contributed by atoms with Crippen molar-refractivity contribution < 1.29 is 19.1 Å². The summed E-state index contributed by atoms with van der Waals surface area (Å²) in [7, 11) is 2.95. The molecule has 5 rings (SSSR count). The van der Waals surface area contributed by atoms with Gasteiger partial charge in [0.25, 0.3) is 0 Å². The Morgan fingerprint density at radius 3 is 2.76 bits per heavy atom. The van der Waals surface area contributed by atoms with Crippen LogP contribution in [0.25, 0.3) is 16.6 Å². The number of benzene rings is 2. The molecule has 0 aliphatic carbocycles. The average molecular weight is 514 g/mol. The number of carbonyl (C=O) groups is 1. The number of nitrogens with zero attached hydrogens (tertiary/aromatic N) is 5. The van der Waals surface area contributed by atoms with Crippen molar-refractivity contribution in [2.75, 3.05) is 32.6 Å². The van der Waals surface area contributed by atoms with Crippen LogP contribution >= 0.6 is 0 Å². The zero-order valence-corrected chi connectivity index (χ0v) is 21.2. The maximum atomic E-state index is 11.8. The van der Waals surface area contributed by atoms with Crippen LogP contribution in [0.15, 0.2) is 73.4 Å². The highest BCUT2D eigenvalue weighted by atomic mass is 16.7. The summed E-state index contributed by atoms with van der Waals surface area (Å²) in [5.41, 5.74) is 3.41. The van der Waals surface area contributed by atoms with E-state index in [1.807, 2.05) is 72.2 Å². The molecule has 0 aliphatic rings. The van der Waals surface area contributed by atoms with Gasteiger partial charge in [-0.25, -0.2) is 24.8 Å². The number of rotatable bonds is 9. The number of aromatic nitrogens is 4. The summed E-state index contributed by atoms with van der Waals surface area (Å²) >= 11 is 0. The lowest BCUT2D eigenvalue weighted by atomic mass is 10.2. The number of imidazole rings is 1. The standard InChI is InChI=1S/C27H27N7O4/c1-18-14-19(4-7-24(18)38-21-8-11-34-12-9-28-25(34)16-21)32-26-22-15-20(5-6-23(22)30-17-31-26)37-13-10-29-27(35)33(2)36-3/h4-9,11-12,14-17H,10,13H2,1-3H3,(H,29,35)(H,30,31,32). The highest BCUT2D eigenvalue weighted by Gasteiger charge is 2.10. The van der Waals surface area contributed by atoms with E-state index in [0.717, 1.165) is 38.6 Å². The second kappa shape index (κ2) is 11.0. The Bertz CT molecular complexity index is 1590. The molecule has 3 heterocycles. The highest BCUT2D eigenvalue weighted by molar-refractivity contribution is 5.91. The minimum atomic E-state index is -0.347. The lowest BCUT2D eigenvalue weighted by Gasteiger charge is -2.15. The summed E-state index contributed by atoms with van der Waals surface area (Å²) in [6.45, 7) is 2.60. The maximum Gasteiger partial charge on any atom is 0.341 e.